The van der Waals surface area contributed by atoms with Crippen molar-refractivity contribution in [3.05, 3.63) is 0 Å². The fraction of sp³-hybridized carbons (Fsp3) is 0.900. The number of likely N-dealkylation sites (N-methyl/N-ethyl adjacent to an activating group) is 1. The van der Waals surface area contributed by atoms with Crippen LogP contribution < -0.4 is 5.32 Å². The van der Waals surface area contributed by atoms with Gasteiger partial charge < -0.3 is 15.2 Å². The quantitative estimate of drug-likeness (QED) is 0.654. The maximum Gasteiger partial charge on any atom is 0.323 e. The van der Waals surface area contributed by atoms with E-state index in [0.29, 0.717) is 6.54 Å². The number of carbonyl (C=O) groups is 1. The average molecular weight is 203 g/mol. The molecule has 0 aromatic heterocycles. The van der Waals surface area contributed by atoms with Gasteiger partial charge in [-0.25, -0.2) is 0 Å². The van der Waals surface area contributed by atoms with Crippen LogP contribution in [0, 0.1) is 0 Å². The summed E-state index contributed by atoms with van der Waals surface area (Å²) in [6.45, 7) is 8.65. The molecule has 0 heterocycles. The molecule has 0 saturated carbocycles. The number of carboxylic acid groups (broad SMARTS) is 1. The van der Waals surface area contributed by atoms with Gasteiger partial charge in [-0.05, 0) is 26.8 Å². The molecule has 0 fully saturated rings. The van der Waals surface area contributed by atoms with Crippen LogP contribution in [0.4, 0.5) is 0 Å². The molecular weight excluding hydrogens is 182 g/mol. The van der Waals surface area contributed by atoms with E-state index in [9.17, 15) is 4.79 Å². The van der Waals surface area contributed by atoms with E-state index in [2.05, 4.69) is 5.32 Å². The topological polar surface area (TPSA) is 58.6 Å². The fourth-order valence-electron chi connectivity index (χ4n) is 0.875. The molecule has 0 aliphatic rings. The van der Waals surface area contributed by atoms with Gasteiger partial charge in [0.25, 0.3) is 0 Å². The largest absolute Gasteiger partial charge is 0.480 e. The number of carboxylic acids is 1. The van der Waals surface area contributed by atoms with Crippen molar-refractivity contribution in [2.24, 2.45) is 0 Å². The number of hydrogen-bond acceptors (Lipinski definition) is 3. The highest BCUT2D eigenvalue weighted by Crippen LogP contribution is 2.13. The molecule has 14 heavy (non-hydrogen) atoms. The Labute approximate surface area is 85.6 Å². The molecule has 0 aliphatic carbocycles. The van der Waals surface area contributed by atoms with Gasteiger partial charge in [0, 0.05) is 0 Å². The van der Waals surface area contributed by atoms with E-state index in [4.69, 9.17) is 9.84 Å². The Hall–Kier alpha value is -0.610. The molecule has 0 aromatic rings. The van der Waals surface area contributed by atoms with Crippen molar-refractivity contribution in [2.45, 2.75) is 45.8 Å². The van der Waals surface area contributed by atoms with Gasteiger partial charge in [0.2, 0.25) is 0 Å². The molecule has 0 saturated heterocycles. The Balaban J connectivity index is 3.99. The lowest BCUT2D eigenvalue weighted by molar-refractivity contribution is -0.143. The molecule has 0 amide bonds. The van der Waals surface area contributed by atoms with E-state index in [1.807, 2.05) is 27.7 Å². The summed E-state index contributed by atoms with van der Waals surface area (Å²) in [5.74, 6) is -0.862. The predicted octanol–water partition coefficient (Wildman–Crippen LogP) is 1.25. The van der Waals surface area contributed by atoms with Gasteiger partial charge in [-0.3, -0.25) is 4.79 Å². The lowest BCUT2D eigenvalue weighted by atomic mass is 10.1. The summed E-state index contributed by atoms with van der Waals surface area (Å²) in [5, 5.41) is 11.7. The number of hydrogen-bond donors (Lipinski definition) is 2. The van der Waals surface area contributed by atoms with Crippen molar-refractivity contribution in [3.8, 4) is 0 Å². The monoisotopic (exact) mass is 203 g/mol. The van der Waals surface area contributed by atoms with E-state index < -0.39 is 12.0 Å². The normalized spacial score (nSPS) is 14.0. The number of nitrogens with one attached hydrogen (secondary N) is 1. The van der Waals surface area contributed by atoms with Crippen molar-refractivity contribution in [2.75, 3.05) is 13.2 Å². The van der Waals surface area contributed by atoms with Crippen LogP contribution in [0.15, 0.2) is 0 Å². The summed E-state index contributed by atoms with van der Waals surface area (Å²) in [6, 6.07) is -0.606. The molecule has 84 valence electrons. The van der Waals surface area contributed by atoms with Gasteiger partial charge in [-0.2, -0.15) is 0 Å². The molecular formula is C10H21NO3. The molecule has 0 bridgehead atoms. The van der Waals surface area contributed by atoms with Gasteiger partial charge in [-0.15, -0.1) is 0 Å². The third-order valence-corrected chi connectivity index (χ3v) is 2.24. The lowest BCUT2D eigenvalue weighted by Crippen LogP contribution is -2.42. The zero-order valence-electron chi connectivity index (χ0n) is 9.46. The molecule has 0 spiro atoms. The predicted molar refractivity (Wildman–Crippen MR) is 55.4 cm³/mol. The van der Waals surface area contributed by atoms with Crippen LogP contribution in [-0.2, 0) is 9.53 Å². The van der Waals surface area contributed by atoms with Crippen LogP contribution in [0.1, 0.15) is 34.1 Å². The van der Waals surface area contributed by atoms with Gasteiger partial charge >= 0.3 is 5.97 Å². The van der Waals surface area contributed by atoms with Crippen molar-refractivity contribution in [1.29, 1.82) is 0 Å². The van der Waals surface area contributed by atoms with Crippen molar-refractivity contribution < 1.29 is 14.6 Å². The highest BCUT2D eigenvalue weighted by atomic mass is 16.5. The molecule has 1 unspecified atom stereocenters. The minimum absolute atomic E-state index is 0.212. The molecule has 1 atom stereocenters. The van der Waals surface area contributed by atoms with Gasteiger partial charge in [0.1, 0.15) is 6.04 Å². The summed E-state index contributed by atoms with van der Waals surface area (Å²) in [4.78, 5) is 10.8. The summed E-state index contributed by atoms with van der Waals surface area (Å²) >= 11 is 0. The number of aliphatic carboxylic acids is 1. The molecule has 4 heteroatoms. The standard InChI is InChI=1S/C10H21NO3/c1-5-10(3,4)14-7-8(9(12)13)11-6-2/h8,11H,5-7H2,1-4H3,(H,12,13). The Morgan fingerprint density at radius 2 is 2.07 bits per heavy atom. The Kier molecular flexibility index (Phi) is 5.72. The van der Waals surface area contributed by atoms with Crippen LogP contribution in [0.25, 0.3) is 0 Å². The lowest BCUT2D eigenvalue weighted by Gasteiger charge is -2.25. The summed E-state index contributed by atoms with van der Waals surface area (Å²) < 4.78 is 5.51. The maximum absolute atomic E-state index is 10.8. The van der Waals surface area contributed by atoms with E-state index in [1.54, 1.807) is 0 Å². The van der Waals surface area contributed by atoms with Crippen LogP contribution >= 0.6 is 0 Å². The molecule has 0 aliphatic heterocycles. The highest BCUT2D eigenvalue weighted by molar-refractivity contribution is 5.73. The second-order valence-electron chi connectivity index (χ2n) is 3.87. The first-order chi connectivity index (χ1) is 6.43. The molecule has 2 N–H and O–H groups in total. The zero-order chi connectivity index (χ0) is 11.2. The van der Waals surface area contributed by atoms with E-state index in [-0.39, 0.29) is 12.2 Å². The third-order valence-electron chi connectivity index (χ3n) is 2.24. The fourth-order valence-corrected chi connectivity index (χ4v) is 0.875. The molecule has 0 rings (SSSR count). The van der Waals surface area contributed by atoms with Gasteiger partial charge in [-0.1, -0.05) is 13.8 Å². The smallest absolute Gasteiger partial charge is 0.323 e. The van der Waals surface area contributed by atoms with Crippen molar-refractivity contribution >= 4 is 5.97 Å². The second-order valence-corrected chi connectivity index (χ2v) is 3.87. The number of rotatable bonds is 7. The highest BCUT2D eigenvalue weighted by Gasteiger charge is 2.21. The minimum atomic E-state index is -0.862. The van der Waals surface area contributed by atoms with Gasteiger partial charge in [0.15, 0.2) is 0 Å². The first-order valence-electron chi connectivity index (χ1n) is 5.03. The van der Waals surface area contributed by atoms with E-state index in [0.717, 1.165) is 6.42 Å². The van der Waals surface area contributed by atoms with E-state index in [1.165, 1.54) is 0 Å². The SMILES string of the molecule is CCNC(COC(C)(C)CC)C(=O)O. The molecule has 0 aromatic carbocycles. The molecule has 4 nitrogen and oxygen atoms in total. The zero-order valence-corrected chi connectivity index (χ0v) is 9.46. The van der Waals surface area contributed by atoms with Crippen LogP contribution in [-0.4, -0.2) is 35.9 Å². The summed E-state index contributed by atoms with van der Waals surface area (Å²) in [7, 11) is 0. The first kappa shape index (κ1) is 13.4. The second kappa shape index (κ2) is 5.98. The third kappa shape index (κ3) is 5.19. The first-order valence-corrected chi connectivity index (χ1v) is 5.03. The van der Waals surface area contributed by atoms with Crippen molar-refractivity contribution in [3.63, 3.8) is 0 Å². The van der Waals surface area contributed by atoms with E-state index >= 15 is 0 Å². The Morgan fingerprint density at radius 3 is 2.43 bits per heavy atom. The Morgan fingerprint density at radius 1 is 1.50 bits per heavy atom. The van der Waals surface area contributed by atoms with Crippen LogP contribution in [0.2, 0.25) is 0 Å². The summed E-state index contributed by atoms with van der Waals surface area (Å²) in [6.07, 6.45) is 0.867. The van der Waals surface area contributed by atoms with Gasteiger partial charge in [0.05, 0.1) is 12.2 Å². The maximum atomic E-state index is 10.8. The van der Waals surface area contributed by atoms with Crippen LogP contribution in [0.5, 0.6) is 0 Å². The van der Waals surface area contributed by atoms with Crippen molar-refractivity contribution in [1.82, 2.24) is 5.32 Å². The number of ether oxygens (including phenoxy) is 1. The summed E-state index contributed by atoms with van der Waals surface area (Å²) in [5.41, 5.74) is -0.247. The minimum Gasteiger partial charge on any atom is -0.480 e. The molecule has 0 radical (unpaired) electrons. The Bertz CT molecular complexity index is 180. The average Bonchev–Trinajstić information content (AvgIpc) is 2.12. The van der Waals surface area contributed by atoms with Crippen LogP contribution in [0.3, 0.4) is 0 Å².